The standard InChI is InChI=1S/C23H24F2N2O2/c1-2-15-27(21-12-9-18-5-3-4-6-20(18)21)16-22(28)26-14-13-17-7-10-19(11-8-17)29-23(24)25/h1,3-8,10-11,21,23H,9,12-16H2,(H,26,28)/t21-/m1/s1. The number of nitrogens with one attached hydrogen (secondary N) is 1. The zero-order valence-corrected chi connectivity index (χ0v) is 16.1. The first kappa shape index (κ1) is 20.8. The molecule has 1 amide bonds. The summed E-state index contributed by atoms with van der Waals surface area (Å²) in [5.41, 5.74) is 3.50. The summed E-state index contributed by atoms with van der Waals surface area (Å²) < 4.78 is 28.7. The molecular weight excluding hydrogens is 374 g/mol. The third-order valence-electron chi connectivity index (χ3n) is 5.07. The number of alkyl halides is 2. The monoisotopic (exact) mass is 398 g/mol. The quantitative estimate of drug-likeness (QED) is 0.657. The van der Waals surface area contributed by atoms with Crippen molar-refractivity contribution in [3.8, 4) is 18.1 Å². The zero-order chi connectivity index (χ0) is 20.6. The molecule has 0 spiro atoms. The first-order valence-corrected chi connectivity index (χ1v) is 9.62. The lowest BCUT2D eigenvalue weighted by molar-refractivity contribution is -0.122. The van der Waals surface area contributed by atoms with Crippen molar-refractivity contribution in [2.24, 2.45) is 0 Å². The van der Waals surface area contributed by atoms with Gasteiger partial charge in [-0.15, -0.1) is 6.42 Å². The summed E-state index contributed by atoms with van der Waals surface area (Å²) in [5, 5.41) is 2.91. The molecule has 2 aromatic rings. The molecule has 0 radical (unpaired) electrons. The number of aryl methyl sites for hydroxylation is 1. The van der Waals surface area contributed by atoms with Gasteiger partial charge in [-0.25, -0.2) is 0 Å². The number of hydrogen-bond acceptors (Lipinski definition) is 3. The van der Waals surface area contributed by atoms with Gasteiger partial charge >= 0.3 is 6.61 Å². The van der Waals surface area contributed by atoms with Crippen LogP contribution in [0.25, 0.3) is 0 Å². The van der Waals surface area contributed by atoms with Crippen LogP contribution in [0.15, 0.2) is 48.5 Å². The molecule has 152 valence electrons. The zero-order valence-electron chi connectivity index (χ0n) is 16.1. The predicted molar refractivity (Wildman–Crippen MR) is 108 cm³/mol. The summed E-state index contributed by atoms with van der Waals surface area (Å²) in [5.74, 6) is 2.70. The van der Waals surface area contributed by atoms with Crippen LogP contribution in [0.2, 0.25) is 0 Å². The van der Waals surface area contributed by atoms with E-state index in [1.165, 1.54) is 23.3 Å². The van der Waals surface area contributed by atoms with Crippen LogP contribution in [0.4, 0.5) is 8.78 Å². The predicted octanol–water partition coefficient (Wildman–Crippen LogP) is 3.57. The number of terminal acetylenes is 1. The van der Waals surface area contributed by atoms with Crippen LogP contribution in [-0.2, 0) is 17.6 Å². The summed E-state index contributed by atoms with van der Waals surface area (Å²) in [6.07, 6.45) is 8.08. The number of hydrogen-bond donors (Lipinski definition) is 1. The lowest BCUT2D eigenvalue weighted by atomic mass is 10.1. The van der Waals surface area contributed by atoms with E-state index in [-0.39, 0.29) is 24.2 Å². The Hall–Kier alpha value is -2.91. The van der Waals surface area contributed by atoms with Crippen LogP contribution < -0.4 is 10.1 Å². The van der Waals surface area contributed by atoms with Crippen LogP contribution in [0.5, 0.6) is 5.75 Å². The maximum absolute atomic E-state index is 12.4. The Kier molecular flexibility index (Phi) is 7.20. The second kappa shape index (κ2) is 10.0. The molecule has 0 aliphatic heterocycles. The minimum Gasteiger partial charge on any atom is -0.435 e. The van der Waals surface area contributed by atoms with Gasteiger partial charge in [0.15, 0.2) is 0 Å². The average molecular weight is 398 g/mol. The van der Waals surface area contributed by atoms with Crippen molar-refractivity contribution in [2.75, 3.05) is 19.6 Å². The number of rotatable bonds is 9. The van der Waals surface area contributed by atoms with Crippen molar-refractivity contribution in [2.45, 2.75) is 31.9 Å². The fourth-order valence-electron chi connectivity index (χ4n) is 3.73. The van der Waals surface area contributed by atoms with E-state index in [4.69, 9.17) is 6.42 Å². The third kappa shape index (κ3) is 5.78. The van der Waals surface area contributed by atoms with Gasteiger partial charge in [-0.2, -0.15) is 8.78 Å². The largest absolute Gasteiger partial charge is 0.435 e. The fraction of sp³-hybridized carbons (Fsp3) is 0.348. The van der Waals surface area contributed by atoms with Crippen LogP contribution in [0.3, 0.4) is 0 Å². The number of fused-ring (bicyclic) bond motifs is 1. The molecule has 0 saturated carbocycles. The van der Waals surface area contributed by atoms with E-state index in [2.05, 4.69) is 28.1 Å². The molecular formula is C23H24F2N2O2. The molecule has 0 heterocycles. The number of ether oxygens (including phenoxy) is 1. The molecule has 1 atom stereocenters. The van der Waals surface area contributed by atoms with E-state index in [0.29, 0.717) is 19.5 Å². The molecule has 6 heteroatoms. The number of carbonyl (C=O) groups excluding carboxylic acids is 1. The lowest BCUT2D eigenvalue weighted by Gasteiger charge is -2.27. The van der Waals surface area contributed by atoms with E-state index >= 15 is 0 Å². The van der Waals surface area contributed by atoms with Gasteiger partial charge in [0.1, 0.15) is 5.75 Å². The number of nitrogens with zero attached hydrogens (tertiary/aromatic N) is 1. The Morgan fingerprint density at radius 1 is 1.24 bits per heavy atom. The van der Waals surface area contributed by atoms with Crippen LogP contribution in [0, 0.1) is 12.3 Å². The second-order valence-corrected chi connectivity index (χ2v) is 6.98. The van der Waals surface area contributed by atoms with Gasteiger partial charge in [0.05, 0.1) is 13.1 Å². The van der Waals surface area contributed by atoms with Gasteiger partial charge in [-0.05, 0) is 48.1 Å². The Morgan fingerprint density at radius 2 is 2.00 bits per heavy atom. The molecule has 0 fully saturated rings. The number of benzene rings is 2. The highest BCUT2D eigenvalue weighted by Gasteiger charge is 2.28. The first-order valence-electron chi connectivity index (χ1n) is 9.62. The van der Waals surface area contributed by atoms with Crippen molar-refractivity contribution < 1.29 is 18.3 Å². The Bertz CT molecular complexity index is 862. The first-order chi connectivity index (χ1) is 14.1. The highest BCUT2D eigenvalue weighted by atomic mass is 19.3. The summed E-state index contributed by atoms with van der Waals surface area (Å²) in [4.78, 5) is 14.5. The van der Waals surface area contributed by atoms with Crippen LogP contribution in [-0.4, -0.2) is 37.1 Å². The second-order valence-electron chi connectivity index (χ2n) is 6.98. The molecule has 2 aromatic carbocycles. The highest BCUT2D eigenvalue weighted by molar-refractivity contribution is 5.78. The van der Waals surface area contributed by atoms with Gasteiger partial charge in [-0.3, -0.25) is 9.69 Å². The van der Waals surface area contributed by atoms with Crippen molar-refractivity contribution in [1.82, 2.24) is 10.2 Å². The van der Waals surface area contributed by atoms with E-state index in [1.54, 1.807) is 12.1 Å². The summed E-state index contributed by atoms with van der Waals surface area (Å²) in [6, 6.07) is 14.9. The van der Waals surface area contributed by atoms with Crippen molar-refractivity contribution in [1.29, 1.82) is 0 Å². The number of amides is 1. The molecule has 29 heavy (non-hydrogen) atoms. The van der Waals surface area contributed by atoms with Crippen molar-refractivity contribution >= 4 is 5.91 Å². The maximum atomic E-state index is 12.4. The molecule has 0 saturated heterocycles. The maximum Gasteiger partial charge on any atom is 0.387 e. The number of halogens is 2. The van der Waals surface area contributed by atoms with Gasteiger partial charge in [0, 0.05) is 12.6 Å². The van der Waals surface area contributed by atoms with E-state index in [1.807, 2.05) is 17.0 Å². The summed E-state index contributed by atoms with van der Waals surface area (Å²) in [7, 11) is 0. The Balaban J connectivity index is 1.49. The smallest absolute Gasteiger partial charge is 0.387 e. The molecule has 1 aliphatic rings. The summed E-state index contributed by atoms with van der Waals surface area (Å²) >= 11 is 0. The van der Waals surface area contributed by atoms with Crippen LogP contribution >= 0.6 is 0 Å². The number of carbonyl (C=O) groups is 1. The van der Waals surface area contributed by atoms with Gasteiger partial charge in [0.25, 0.3) is 0 Å². The van der Waals surface area contributed by atoms with E-state index < -0.39 is 6.61 Å². The summed E-state index contributed by atoms with van der Waals surface area (Å²) in [6.45, 7) is -1.72. The Labute approximate surface area is 169 Å². The molecule has 0 aromatic heterocycles. The minimum atomic E-state index is -2.84. The van der Waals surface area contributed by atoms with Crippen LogP contribution in [0.1, 0.15) is 29.2 Å². The van der Waals surface area contributed by atoms with Gasteiger partial charge < -0.3 is 10.1 Å². The van der Waals surface area contributed by atoms with E-state index in [0.717, 1.165) is 18.4 Å². The molecule has 3 rings (SSSR count). The molecule has 1 aliphatic carbocycles. The van der Waals surface area contributed by atoms with Crippen molar-refractivity contribution in [3.63, 3.8) is 0 Å². The Morgan fingerprint density at radius 3 is 2.72 bits per heavy atom. The molecule has 0 bridgehead atoms. The molecule has 4 nitrogen and oxygen atoms in total. The molecule has 1 N–H and O–H groups in total. The average Bonchev–Trinajstić information content (AvgIpc) is 3.13. The molecule has 0 unspecified atom stereocenters. The SMILES string of the molecule is C#CCN(CC(=O)NCCc1ccc(OC(F)F)cc1)[C@@H]1CCc2ccccc21. The third-order valence-corrected chi connectivity index (χ3v) is 5.07. The topological polar surface area (TPSA) is 41.6 Å². The highest BCUT2D eigenvalue weighted by Crippen LogP contribution is 2.35. The van der Waals surface area contributed by atoms with Crippen molar-refractivity contribution in [3.05, 3.63) is 65.2 Å². The van der Waals surface area contributed by atoms with E-state index in [9.17, 15) is 13.6 Å². The van der Waals surface area contributed by atoms with Gasteiger partial charge in [0.2, 0.25) is 5.91 Å². The normalized spacial score (nSPS) is 15.2. The minimum absolute atomic E-state index is 0.0812. The van der Waals surface area contributed by atoms with Gasteiger partial charge in [-0.1, -0.05) is 42.3 Å². The fourth-order valence-corrected chi connectivity index (χ4v) is 3.73. The lowest BCUT2D eigenvalue weighted by Crippen LogP contribution is -2.39.